The molecule has 3 aliphatic heterocycles. The molecule has 2 aromatic rings. The number of benzene rings is 2. The summed E-state index contributed by atoms with van der Waals surface area (Å²) in [6.07, 6.45) is 12.2. The van der Waals surface area contributed by atoms with Gasteiger partial charge in [-0.1, -0.05) is 55.2 Å². The minimum atomic E-state index is -1.38. The van der Waals surface area contributed by atoms with Gasteiger partial charge in [0, 0.05) is 18.8 Å². The van der Waals surface area contributed by atoms with E-state index in [0.717, 1.165) is 25.9 Å². The predicted octanol–water partition coefficient (Wildman–Crippen LogP) is 7.13. The summed E-state index contributed by atoms with van der Waals surface area (Å²) in [7, 11) is -1.38. The maximum atomic E-state index is 9.35. The minimum Gasteiger partial charge on any atom is -0.462 e. The quantitative estimate of drug-likeness (QED) is 0.253. The van der Waals surface area contributed by atoms with Crippen LogP contribution in [-0.4, -0.2) is 21.2 Å². The molecule has 2 aromatic carbocycles. The Balaban J connectivity index is 1.64. The van der Waals surface area contributed by atoms with Crippen LogP contribution in [0.25, 0.3) is 22.0 Å². The van der Waals surface area contributed by atoms with Gasteiger partial charge in [0.05, 0.1) is 20.7 Å². The van der Waals surface area contributed by atoms with E-state index in [1.807, 2.05) is 19.1 Å². The molecule has 0 unspecified atom stereocenters. The van der Waals surface area contributed by atoms with Crippen molar-refractivity contribution in [2.75, 3.05) is 18.0 Å². The Labute approximate surface area is 221 Å². The zero-order valence-corrected chi connectivity index (χ0v) is 23.2. The van der Waals surface area contributed by atoms with Crippen molar-refractivity contribution in [2.24, 2.45) is 0 Å². The lowest BCUT2D eigenvalue weighted by molar-refractivity contribution is 0.318. The van der Waals surface area contributed by atoms with Gasteiger partial charge in [0.25, 0.3) is 5.70 Å². The predicted molar refractivity (Wildman–Crippen MR) is 155 cm³/mol. The molecular formula is C32H33N3OSi. The fourth-order valence-corrected chi connectivity index (χ4v) is 6.86. The Morgan fingerprint density at radius 1 is 1.08 bits per heavy atom. The number of rotatable bonds is 4. The molecule has 5 rings (SSSR count). The lowest BCUT2D eigenvalue weighted by Crippen LogP contribution is -2.37. The van der Waals surface area contributed by atoms with E-state index in [4.69, 9.17) is 11.3 Å². The van der Waals surface area contributed by atoms with E-state index in [1.165, 1.54) is 51.5 Å². The van der Waals surface area contributed by atoms with Gasteiger partial charge >= 0.3 is 0 Å². The first-order valence-corrected chi connectivity index (χ1v) is 16.6. The smallest absolute Gasteiger partial charge is 0.269 e. The zero-order chi connectivity index (χ0) is 26.2. The summed E-state index contributed by atoms with van der Waals surface area (Å²) in [4.78, 5) is 5.97. The highest BCUT2D eigenvalue weighted by atomic mass is 28.3. The van der Waals surface area contributed by atoms with Crippen LogP contribution in [0, 0.1) is 17.9 Å². The van der Waals surface area contributed by atoms with Crippen LogP contribution in [0.15, 0.2) is 71.3 Å². The first-order chi connectivity index (χ1) is 17.8. The molecule has 0 radical (unpaired) electrons. The SMILES string of the molecule is [C-]#[N+]/C(C#N)=C1/C=C(C)OC(/C=C/c2cc3c4c(c2-c2ccc([Si](C)(C)C)cc2)CCCN4CCC3)=C1. The van der Waals surface area contributed by atoms with Crippen LogP contribution in [0.2, 0.25) is 19.6 Å². The van der Waals surface area contributed by atoms with Crippen LogP contribution in [-0.2, 0) is 17.6 Å². The van der Waals surface area contributed by atoms with Crippen molar-refractivity contribution in [3.63, 3.8) is 0 Å². The summed E-state index contributed by atoms with van der Waals surface area (Å²) >= 11 is 0. The molecule has 0 fully saturated rings. The van der Waals surface area contributed by atoms with E-state index in [2.05, 4.69) is 65.8 Å². The van der Waals surface area contributed by atoms with Crippen molar-refractivity contribution < 1.29 is 4.74 Å². The third-order valence-electron chi connectivity index (χ3n) is 7.45. The van der Waals surface area contributed by atoms with Gasteiger partial charge in [0.15, 0.2) is 0 Å². The molecule has 0 aliphatic carbocycles. The molecule has 37 heavy (non-hydrogen) atoms. The Morgan fingerprint density at radius 2 is 1.81 bits per heavy atom. The van der Waals surface area contributed by atoms with E-state index >= 15 is 0 Å². The number of ether oxygens (including phenoxy) is 1. The summed E-state index contributed by atoms with van der Waals surface area (Å²) < 4.78 is 5.96. The highest BCUT2D eigenvalue weighted by Gasteiger charge is 2.28. The highest BCUT2D eigenvalue weighted by Crippen LogP contribution is 2.43. The zero-order valence-electron chi connectivity index (χ0n) is 22.2. The first-order valence-electron chi connectivity index (χ1n) is 13.1. The van der Waals surface area contributed by atoms with Crippen LogP contribution in [0.1, 0.15) is 36.5 Å². The lowest BCUT2D eigenvalue weighted by atomic mass is 9.83. The molecule has 0 spiro atoms. The second-order valence-corrected chi connectivity index (χ2v) is 16.2. The summed E-state index contributed by atoms with van der Waals surface area (Å²) in [6.45, 7) is 18.6. The highest BCUT2D eigenvalue weighted by molar-refractivity contribution is 6.88. The maximum absolute atomic E-state index is 9.35. The normalized spacial score (nSPS) is 18.3. The van der Waals surface area contributed by atoms with Crippen LogP contribution < -0.4 is 10.1 Å². The molecule has 4 nitrogen and oxygen atoms in total. The first kappa shape index (κ1) is 24.9. The van der Waals surface area contributed by atoms with Crippen LogP contribution in [0.5, 0.6) is 0 Å². The van der Waals surface area contributed by atoms with Crippen LogP contribution in [0.3, 0.4) is 0 Å². The topological polar surface area (TPSA) is 40.6 Å². The van der Waals surface area contributed by atoms with Crippen molar-refractivity contribution in [3.05, 3.63) is 99.5 Å². The van der Waals surface area contributed by atoms with Gasteiger partial charge in [0.1, 0.15) is 11.5 Å². The Morgan fingerprint density at radius 3 is 2.49 bits per heavy atom. The van der Waals surface area contributed by atoms with Crippen LogP contribution in [0.4, 0.5) is 5.69 Å². The molecule has 0 aromatic heterocycles. The second-order valence-electron chi connectivity index (χ2n) is 11.1. The standard InChI is InChI=1S/C32H33N3OSi/c1-22-18-26(30(21-33)34-2)20-27(36-22)13-10-24-19-25-8-6-16-35-17-7-9-29(32(25)35)31(24)23-11-14-28(15-12-23)37(3,4)5/h10-15,18-20H,6-9,16-17H2,1,3-5H3/b13-10+,30-26-. The van der Waals surface area contributed by atoms with Crippen molar-refractivity contribution in [3.8, 4) is 17.2 Å². The van der Waals surface area contributed by atoms with Gasteiger partial charge in [-0.2, -0.15) is 0 Å². The monoisotopic (exact) mass is 503 g/mol. The fraction of sp³-hybridized carbons (Fsp3) is 0.312. The molecule has 3 aliphatic rings. The van der Waals surface area contributed by atoms with Gasteiger partial charge in [-0.05, 0) is 90.3 Å². The van der Waals surface area contributed by atoms with E-state index < -0.39 is 8.07 Å². The van der Waals surface area contributed by atoms with Crippen molar-refractivity contribution in [2.45, 2.75) is 52.2 Å². The van der Waals surface area contributed by atoms with Gasteiger partial charge in [0.2, 0.25) is 0 Å². The maximum Gasteiger partial charge on any atom is 0.269 e. The molecule has 0 atom stereocenters. The van der Waals surface area contributed by atoms with E-state index in [1.54, 1.807) is 12.2 Å². The fourth-order valence-electron chi connectivity index (χ4n) is 5.70. The number of nitriles is 1. The third-order valence-corrected chi connectivity index (χ3v) is 9.51. The van der Waals surface area contributed by atoms with Gasteiger partial charge in [-0.3, -0.25) is 0 Å². The molecule has 186 valence electrons. The number of anilines is 1. The van der Waals surface area contributed by atoms with E-state index in [9.17, 15) is 5.26 Å². The molecule has 0 saturated carbocycles. The van der Waals surface area contributed by atoms with Crippen molar-refractivity contribution >= 4 is 25.0 Å². The van der Waals surface area contributed by atoms with E-state index in [0.29, 0.717) is 17.1 Å². The van der Waals surface area contributed by atoms with Gasteiger partial charge in [-0.25, -0.2) is 10.1 Å². The summed E-state index contributed by atoms with van der Waals surface area (Å²) in [5.74, 6) is 1.31. The number of hydrogen-bond donors (Lipinski definition) is 0. The Bertz CT molecular complexity index is 1440. The van der Waals surface area contributed by atoms with Gasteiger partial charge in [-0.15, -0.1) is 0 Å². The van der Waals surface area contributed by atoms with Crippen molar-refractivity contribution in [1.82, 2.24) is 0 Å². The lowest BCUT2D eigenvalue weighted by Gasteiger charge is -2.38. The number of nitrogens with zero attached hydrogens (tertiary/aromatic N) is 3. The van der Waals surface area contributed by atoms with Gasteiger partial charge < -0.3 is 9.64 Å². The van der Waals surface area contributed by atoms with Crippen LogP contribution >= 0.6 is 0 Å². The molecule has 0 amide bonds. The summed E-state index contributed by atoms with van der Waals surface area (Å²) in [5.41, 5.74) is 8.84. The summed E-state index contributed by atoms with van der Waals surface area (Å²) in [6, 6.07) is 13.6. The van der Waals surface area contributed by atoms with Crippen molar-refractivity contribution in [1.29, 1.82) is 5.26 Å². The third kappa shape index (κ3) is 4.93. The van der Waals surface area contributed by atoms with E-state index in [-0.39, 0.29) is 5.70 Å². The number of hydrogen-bond acceptors (Lipinski definition) is 3. The molecule has 0 saturated heterocycles. The summed E-state index contributed by atoms with van der Waals surface area (Å²) in [5, 5.41) is 10.8. The average molecular weight is 504 g/mol. The molecular weight excluding hydrogens is 470 g/mol. The average Bonchev–Trinajstić information content (AvgIpc) is 2.88. The molecule has 0 N–H and O–H groups in total. The largest absolute Gasteiger partial charge is 0.462 e. The number of allylic oxidation sites excluding steroid dienone is 6. The minimum absolute atomic E-state index is 0.0787. The number of aryl methyl sites for hydroxylation is 1. The Kier molecular flexibility index (Phi) is 6.67. The second kappa shape index (κ2) is 9.92. The molecule has 5 heteroatoms. The Hall–Kier alpha value is -3.80. The molecule has 3 heterocycles. The molecule has 0 bridgehead atoms.